The van der Waals surface area contributed by atoms with E-state index in [-0.39, 0.29) is 6.42 Å². The van der Waals surface area contributed by atoms with Crippen LogP contribution in [0.5, 0.6) is 0 Å². The third-order valence-electron chi connectivity index (χ3n) is 4.08. The molecule has 7 N–H and O–H groups in total. The van der Waals surface area contributed by atoms with Gasteiger partial charge in [-0.05, 0) is 13.3 Å². The van der Waals surface area contributed by atoms with Gasteiger partial charge in [0, 0.05) is 6.58 Å². The molecule has 1 fully saturated rings. The fraction of sp³-hybridized carbons (Fsp3) is 1.00. The van der Waals surface area contributed by atoms with E-state index in [0.29, 0.717) is 6.42 Å². The van der Waals surface area contributed by atoms with Crippen LogP contribution < -0.4 is 0 Å². The van der Waals surface area contributed by atoms with Gasteiger partial charge in [0.15, 0.2) is 5.79 Å². The third-order valence-corrected chi connectivity index (χ3v) is 6.85. The first kappa shape index (κ1) is 28.4. The maximum Gasteiger partial charge on any atom is 0.353 e. The summed E-state index contributed by atoms with van der Waals surface area (Å²) in [4.78, 5) is 29.3. The van der Waals surface area contributed by atoms with Crippen molar-refractivity contribution in [1.29, 1.82) is 0 Å². The Labute approximate surface area is 185 Å². The van der Waals surface area contributed by atoms with E-state index in [1.807, 2.05) is 0 Å². The number of ether oxygens (including phenoxy) is 2. The lowest BCUT2D eigenvalue weighted by Gasteiger charge is -2.49. The van der Waals surface area contributed by atoms with Gasteiger partial charge >= 0.3 is 22.8 Å². The van der Waals surface area contributed by atoms with Gasteiger partial charge < -0.3 is 44.6 Å². The lowest BCUT2D eigenvalue weighted by Crippen LogP contribution is -2.65. The number of rotatable bonds is 14. The monoisotopic (exact) mass is 533 g/mol. The van der Waals surface area contributed by atoms with Gasteiger partial charge in [0.2, 0.25) is 0 Å². The maximum atomic E-state index is 12.1. The molecule has 18 heteroatoms. The summed E-state index contributed by atoms with van der Waals surface area (Å²) in [6.07, 6.45) is -11.4. The number of aliphatic hydroxyl groups excluding tert-OH is 3. The summed E-state index contributed by atoms with van der Waals surface area (Å²) in [6.45, 7) is 0.976. The predicted octanol–water partition coefficient (Wildman–Crippen LogP) is -0.528. The van der Waals surface area contributed by atoms with Crippen LogP contribution in [0.25, 0.3) is 0 Å². The molecule has 1 aliphatic rings. The smallest absolute Gasteiger partial charge is 0.353 e. The molecule has 0 bridgehead atoms. The molecular weight excluding hydrogens is 501 g/mol. The Morgan fingerprint density at radius 3 is 1.88 bits per heavy atom. The summed E-state index contributed by atoms with van der Waals surface area (Å²) >= 11 is 0. The van der Waals surface area contributed by atoms with Crippen molar-refractivity contribution in [3.05, 3.63) is 0 Å². The molecule has 0 aromatic rings. The highest BCUT2D eigenvalue weighted by atomic mass is 31.2. The Morgan fingerprint density at radius 1 is 0.938 bits per heavy atom. The van der Waals surface area contributed by atoms with Crippen LogP contribution in [0.2, 0.25) is 0 Å². The molecular formula is C14H31O15P3. The van der Waals surface area contributed by atoms with Crippen LogP contribution in [0.1, 0.15) is 28.1 Å². The van der Waals surface area contributed by atoms with E-state index >= 15 is 0 Å². The number of hydrogen-bond donors (Lipinski definition) is 7. The normalized spacial score (nSPS) is 35.8. The first-order valence-electron chi connectivity index (χ1n) is 9.88. The first-order chi connectivity index (χ1) is 15.0. The lowest BCUT2D eigenvalue weighted by atomic mass is 9.93. The summed E-state index contributed by atoms with van der Waals surface area (Å²) in [6, 6.07) is 0. The second kappa shape index (κ2) is 12.3. The minimum atomic E-state index is -4.91. The van der Waals surface area contributed by atoms with E-state index in [9.17, 15) is 33.5 Å². The highest BCUT2D eigenvalue weighted by molar-refractivity contribution is 7.53. The van der Waals surface area contributed by atoms with E-state index in [2.05, 4.69) is 0 Å². The molecule has 0 radical (unpaired) electrons. The van der Waals surface area contributed by atoms with Crippen LogP contribution in [0.4, 0.5) is 0 Å². The van der Waals surface area contributed by atoms with Crippen LogP contribution >= 0.6 is 22.8 Å². The van der Waals surface area contributed by atoms with Crippen LogP contribution in [-0.2, 0) is 36.7 Å². The SMILES string of the molecule is [2H]C(CCC)OC[C@H]1OC(C)(O)[C@H](OP(=O)(O)CO)[C@@H](OP(=O)(O)CO)[C@H]1OP(=O)(O)CO. The van der Waals surface area contributed by atoms with Crippen molar-refractivity contribution < 1.29 is 73.2 Å². The van der Waals surface area contributed by atoms with E-state index in [0.717, 1.165) is 6.92 Å². The third kappa shape index (κ3) is 9.10. The highest BCUT2D eigenvalue weighted by Gasteiger charge is 2.58. The highest BCUT2D eigenvalue weighted by Crippen LogP contribution is 2.54. The van der Waals surface area contributed by atoms with Crippen LogP contribution in [-0.4, -0.2) is 97.5 Å². The van der Waals surface area contributed by atoms with Crippen molar-refractivity contribution >= 4 is 22.8 Å². The molecule has 0 aromatic heterocycles. The van der Waals surface area contributed by atoms with Crippen LogP contribution in [0.15, 0.2) is 0 Å². The molecule has 0 amide bonds. The largest absolute Gasteiger partial charge is 0.384 e. The summed E-state index contributed by atoms with van der Waals surface area (Å²) in [7, 11) is -14.6. The summed E-state index contributed by atoms with van der Waals surface area (Å²) in [5.41, 5.74) is 0. The van der Waals surface area contributed by atoms with Gasteiger partial charge in [0.05, 0.1) is 7.98 Å². The summed E-state index contributed by atoms with van der Waals surface area (Å²) < 4.78 is 69.2. The fourth-order valence-electron chi connectivity index (χ4n) is 2.68. The molecule has 0 saturated carbocycles. The maximum absolute atomic E-state index is 12.1. The molecule has 192 valence electrons. The van der Waals surface area contributed by atoms with E-state index in [4.69, 9.17) is 39.7 Å². The fourth-order valence-corrected chi connectivity index (χ4v) is 4.80. The summed E-state index contributed by atoms with van der Waals surface area (Å²) in [5, 5.41) is 38.1. The van der Waals surface area contributed by atoms with Gasteiger partial charge in [0.25, 0.3) is 0 Å². The lowest BCUT2D eigenvalue weighted by molar-refractivity contribution is -0.332. The van der Waals surface area contributed by atoms with Crippen LogP contribution in [0.3, 0.4) is 0 Å². The predicted molar refractivity (Wildman–Crippen MR) is 107 cm³/mol. The molecule has 9 atom stereocenters. The molecule has 5 unspecified atom stereocenters. The molecule has 0 aromatic carbocycles. The molecule has 32 heavy (non-hydrogen) atoms. The average molecular weight is 533 g/mol. The topological polar surface area (TPSA) is 239 Å². The Morgan fingerprint density at radius 2 is 1.41 bits per heavy atom. The molecule has 0 aliphatic carbocycles. The minimum Gasteiger partial charge on any atom is -0.384 e. The standard InChI is InChI=1S/C14H31O15P3/c1-3-4-5-25-6-10-11(27-30(19,20)7-15)12(28-31(21,22)8-16)13(14(2,18)26-10)29-32(23,24)9-17/h10-13,15-18H,3-9H2,1-2H3,(H,19,20)(H,21,22)(H,23,24)/t10-,11+,12+,13-,14?/m1/s1/i5D/t5?,10-,11+,12+,13-,14?. The van der Waals surface area contributed by atoms with Crippen LogP contribution in [0, 0.1) is 0 Å². The average Bonchev–Trinajstić information content (AvgIpc) is 2.71. The zero-order valence-electron chi connectivity index (χ0n) is 18.4. The van der Waals surface area contributed by atoms with Gasteiger partial charge in [0.1, 0.15) is 43.5 Å². The Kier molecular flexibility index (Phi) is 10.9. The van der Waals surface area contributed by atoms with Crippen molar-refractivity contribution in [1.82, 2.24) is 0 Å². The van der Waals surface area contributed by atoms with Crippen molar-refractivity contribution in [2.24, 2.45) is 0 Å². The minimum absolute atomic E-state index is 0.274. The van der Waals surface area contributed by atoms with Crippen molar-refractivity contribution in [3.8, 4) is 0 Å². The number of hydrogen-bond acceptors (Lipinski definition) is 12. The first-order valence-corrected chi connectivity index (χ1v) is 14.6. The van der Waals surface area contributed by atoms with Gasteiger partial charge in [-0.2, -0.15) is 0 Å². The van der Waals surface area contributed by atoms with Crippen molar-refractivity contribution in [2.75, 3.05) is 32.2 Å². The van der Waals surface area contributed by atoms with E-state index in [1.54, 1.807) is 6.92 Å². The molecule has 0 spiro atoms. The number of aliphatic hydroxyl groups is 4. The second-order valence-corrected chi connectivity index (χ2v) is 12.3. The Hall–Kier alpha value is 0.210. The van der Waals surface area contributed by atoms with Gasteiger partial charge in [-0.25, -0.2) is 0 Å². The molecule has 1 aliphatic heterocycles. The van der Waals surface area contributed by atoms with Gasteiger partial charge in [-0.15, -0.1) is 0 Å². The Bertz CT molecular complexity index is 766. The van der Waals surface area contributed by atoms with Crippen molar-refractivity contribution in [3.63, 3.8) is 0 Å². The molecule has 1 saturated heterocycles. The molecule has 15 nitrogen and oxygen atoms in total. The van der Waals surface area contributed by atoms with Gasteiger partial charge in [-0.3, -0.25) is 27.3 Å². The summed E-state index contributed by atoms with van der Waals surface area (Å²) in [5.74, 6) is -2.61. The van der Waals surface area contributed by atoms with E-state index < -0.39 is 85.2 Å². The van der Waals surface area contributed by atoms with E-state index in [1.165, 1.54) is 0 Å². The quantitative estimate of drug-likeness (QED) is 0.139. The van der Waals surface area contributed by atoms with Gasteiger partial charge in [-0.1, -0.05) is 13.3 Å². The zero-order chi connectivity index (χ0) is 25.7. The molecule has 1 heterocycles. The second-order valence-electron chi connectivity index (χ2n) is 7.00. The molecule has 1 rings (SSSR count). The zero-order valence-corrected chi connectivity index (χ0v) is 20.1. The Balaban J connectivity index is 3.49. The van der Waals surface area contributed by atoms with Crippen molar-refractivity contribution in [2.45, 2.75) is 56.9 Å².